The van der Waals surface area contributed by atoms with E-state index in [1.807, 2.05) is 20.8 Å². The molecule has 0 fully saturated rings. The Bertz CT molecular complexity index is 346. The van der Waals surface area contributed by atoms with Crippen molar-refractivity contribution in [1.29, 1.82) is 0 Å². The van der Waals surface area contributed by atoms with E-state index in [2.05, 4.69) is 0 Å². The molecule has 1 unspecified atom stereocenters. The van der Waals surface area contributed by atoms with Gasteiger partial charge in [0.1, 0.15) is 11.5 Å². The lowest BCUT2D eigenvalue weighted by Gasteiger charge is -2.15. The smallest absolute Gasteiger partial charge is 0.123 e. The van der Waals surface area contributed by atoms with E-state index in [0.717, 1.165) is 22.4 Å². The molecule has 1 aromatic carbocycles. The summed E-state index contributed by atoms with van der Waals surface area (Å²) in [6.45, 7) is 5.61. The minimum absolute atomic E-state index is 0.191. The van der Waals surface area contributed by atoms with Crippen molar-refractivity contribution >= 4 is 0 Å². The summed E-state index contributed by atoms with van der Waals surface area (Å²) < 4.78 is 5.20. The Morgan fingerprint density at radius 3 is 2.36 bits per heavy atom. The van der Waals surface area contributed by atoms with Crippen LogP contribution < -0.4 is 10.5 Å². The van der Waals surface area contributed by atoms with Gasteiger partial charge in [0.25, 0.3) is 0 Å². The van der Waals surface area contributed by atoms with Crippen molar-refractivity contribution in [2.45, 2.75) is 26.8 Å². The zero-order chi connectivity index (χ0) is 10.9. The number of ether oxygens (including phenoxy) is 1. The lowest BCUT2D eigenvalue weighted by Crippen LogP contribution is -2.07. The van der Waals surface area contributed by atoms with E-state index in [-0.39, 0.29) is 11.8 Å². The Balaban J connectivity index is 3.40. The van der Waals surface area contributed by atoms with Gasteiger partial charge >= 0.3 is 0 Å². The van der Waals surface area contributed by atoms with Gasteiger partial charge in [-0.3, -0.25) is 0 Å². The fourth-order valence-corrected chi connectivity index (χ4v) is 1.46. The van der Waals surface area contributed by atoms with Gasteiger partial charge in [-0.25, -0.2) is 0 Å². The molecule has 0 saturated carbocycles. The Morgan fingerprint density at radius 2 is 1.93 bits per heavy atom. The van der Waals surface area contributed by atoms with Gasteiger partial charge < -0.3 is 15.6 Å². The van der Waals surface area contributed by atoms with Crippen LogP contribution in [-0.2, 0) is 0 Å². The van der Waals surface area contributed by atoms with E-state index in [1.165, 1.54) is 0 Å². The van der Waals surface area contributed by atoms with Gasteiger partial charge in [-0.2, -0.15) is 0 Å². The molecule has 3 heteroatoms. The third-order valence-corrected chi connectivity index (χ3v) is 2.56. The number of hydrogen-bond acceptors (Lipinski definition) is 3. The highest BCUT2D eigenvalue weighted by atomic mass is 16.5. The molecule has 0 aromatic heterocycles. The van der Waals surface area contributed by atoms with Crippen molar-refractivity contribution in [2.24, 2.45) is 5.73 Å². The Labute approximate surface area is 84.5 Å². The summed E-state index contributed by atoms with van der Waals surface area (Å²) in [5.74, 6) is 1.05. The van der Waals surface area contributed by atoms with Gasteiger partial charge in [0.05, 0.1) is 7.11 Å². The monoisotopic (exact) mass is 195 g/mol. The molecule has 78 valence electrons. The van der Waals surface area contributed by atoms with Crippen molar-refractivity contribution in [3.05, 3.63) is 22.8 Å². The molecule has 0 aliphatic rings. The number of hydrogen-bond donors (Lipinski definition) is 2. The predicted molar refractivity (Wildman–Crippen MR) is 56.7 cm³/mol. The van der Waals surface area contributed by atoms with Gasteiger partial charge in [-0.05, 0) is 38.0 Å². The fourth-order valence-electron chi connectivity index (χ4n) is 1.46. The minimum Gasteiger partial charge on any atom is -0.507 e. The molecule has 0 heterocycles. The summed E-state index contributed by atoms with van der Waals surface area (Å²) >= 11 is 0. The highest BCUT2D eigenvalue weighted by Gasteiger charge is 2.14. The van der Waals surface area contributed by atoms with E-state index in [9.17, 15) is 5.11 Å². The SMILES string of the molecule is COc1cc(C(C)N)c(O)c(C)c1C. The van der Waals surface area contributed by atoms with Crippen LogP contribution in [0.5, 0.6) is 11.5 Å². The molecule has 0 bridgehead atoms. The number of benzene rings is 1. The summed E-state index contributed by atoms with van der Waals surface area (Å²) in [5.41, 5.74) is 8.25. The van der Waals surface area contributed by atoms with Crippen LogP contribution in [0, 0.1) is 13.8 Å². The molecule has 1 aromatic rings. The van der Waals surface area contributed by atoms with Gasteiger partial charge in [0, 0.05) is 11.6 Å². The first-order valence-corrected chi connectivity index (χ1v) is 4.61. The first-order chi connectivity index (χ1) is 6.49. The van der Waals surface area contributed by atoms with Crippen LogP contribution in [0.4, 0.5) is 0 Å². The van der Waals surface area contributed by atoms with E-state index in [4.69, 9.17) is 10.5 Å². The second-order valence-electron chi connectivity index (χ2n) is 3.56. The number of nitrogens with two attached hydrogens (primary N) is 1. The summed E-state index contributed by atoms with van der Waals surface area (Å²) in [4.78, 5) is 0. The van der Waals surface area contributed by atoms with Crippen LogP contribution in [-0.4, -0.2) is 12.2 Å². The van der Waals surface area contributed by atoms with Crippen LogP contribution in [0.1, 0.15) is 29.7 Å². The van der Waals surface area contributed by atoms with E-state index in [0.29, 0.717) is 0 Å². The normalized spacial score (nSPS) is 12.6. The molecule has 3 N–H and O–H groups in total. The third-order valence-electron chi connectivity index (χ3n) is 2.56. The van der Waals surface area contributed by atoms with E-state index >= 15 is 0 Å². The highest BCUT2D eigenvalue weighted by molar-refractivity contribution is 5.52. The van der Waals surface area contributed by atoms with E-state index in [1.54, 1.807) is 13.2 Å². The van der Waals surface area contributed by atoms with Gasteiger partial charge in [0.15, 0.2) is 0 Å². The lowest BCUT2D eigenvalue weighted by atomic mass is 9.99. The average molecular weight is 195 g/mol. The Kier molecular flexibility index (Phi) is 3.01. The standard InChI is InChI=1S/C11H17NO2/c1-6-7(2)11(13)9(8(3)12)5-10(6)14-4/h5,8,13H,12H2,1-4H3. The van der Waals surface area contributed by atoms with Crippen molar-refractivity contribution in [3.63, 3.8) is 0 Å². The molecular formula is C11H17NO2. The summed E-state index contributed by atoms with van der Waals surface area (Å²) in [5, 5.41) is 9.83. The number of aromatic hydroxyl groups is 1. The van der Waals surface area contributed by atoms with Crippen LogP contribution >= 0.6 is 0 Å². The van der Waals surface area contributed by atoms with Crippen LogP contribution in [0.3, 0.4) is 0 Å². The number of phenols is 1. The molecule has 0 aliphatic carbocycles. The van der Waals surface area contributed by atoms with Crippen LogP contribution in [0.2, 0.25) is 0 Å². The second-order valence-corrected chi connectivity index (χ2v) is 3.56. The van der Waals surface area contributed by atoms with Crippen molar-refractivity contribution in [3.8, 4) is 11.5 Å². The topological polar surface area (TPSA) is 55.5 Å². The average Bonchev–Trinajstić information content (AvgIpc) is 2.14. The first kappa shape index (κ1) is 10.9. The molecule has 0 radical (unpaired) electrons. The van der Waals surface area contributed by atoms with Crippen LogP contribution in [0.15, 0.2) is 6.07 Å². The number of rotatable bonds is 2. The number of methoxy groups -OCH3 is 1. The maximum absolute atomic E-state index is 9.83. The highest BCUT2D eigenvalue weighted by Crippen LogP contribution is 2.34. The largest absolute Gasteiger partial charge is 0.507 e. The quantitative estimate of drug-likeness (QED) is 0.759. The van der Waals surface area contributed by atoms with Gasteiger partial charge in [-0.1, -0.05) is 0 Å². The summed E-state index contributed by atoms with van der Waals surface area (Å²) in [6.07, 6.45) is 0. The number of phenolic OH excluding ortho intramolecular Hbond substituents is 1. The molecule has 0 saturated heterocycles. The zero-order valence-corrected chi connectivity index (χ0v) is 9.09. The van der Waals surface area contributed by atoms with Gasteiger partial charge in [0.2, 0.25) is 0 Å². The van der Waals surface area contributed by atoms with Crippen molar-refractivity contribution in [1.82, 2.24) is 0 Å². The van der Waals surface area contributed by atoms with Crippen LogP contribution in [0.25, 0.3) is 0 Å². The molecule has 3 nitrogen and oxygen atoms in total. The maximum Gasteiger partial charge on any atom is 0.123 e. The zero-order valence-electron chi connectivity index (χ0n) is 9.09. The molecular weight excluding hydrogens is 178 g/mol. The first-order valence-electron chi connectivity index (χ1n) is 4.61. The minimum atomic E-state index is -0.191. The molecule has 14 heavy (non-hydrogen) atoms. The van der Waals surface area contributed by atoms with Crippen molar-refractivity contribution in [2.75, 3.05) is 7.11 Å². The Morgan fingerprint density at radius 1 is 1.36 bits per heavy atom. The lowest BCUT2D eigenvalue weighted by molar-refractivity contribution is 0.405. The summed E-state index contributed by atoms with van der Waals surface area (Å²) in [6, 6.07) is 1.60. The van der Waals surface area contributed by atoms with E-state index < -0.39 is 0 Å². The maximum atomic E-state index is 9.83. The fraction of sp³-hybridized carbons (Fsp3) is 0.455. The summed E-state index contributed by atoms with van der Waals surface area (Å²) in [7, 11) is 1.61. The molecule has 0 amide bonds. The molecule has 0 spiro atoms. The molecule has 0 aliphatic heterocycles. The second kappa shape index (κ2) is 3.88. The molecule has 1 rings (SSSR count). The Hall–Kier alpha value is -1.22. The van der Waals surface area contributed by atoms with Crippen molar-refractivity contribution < 1.29 is 9.84 Å². The molecule has 1 atom stereocenters. The van der Waals surface area contributed by atoms with Gasteiger partial charge in [-0.15, -0.1) is 0 Å². The third kappa shape index (κ3) is 1.68. The predicted octanol–water partition coefficient (Wildman–Crippen LogP) is 2.04.